The molecule has 3 heterocycles. The van der Waals surface area contributed by atoms with Crippen molar-refractivity contribution in [2.24, 2.45) is 0 Å². The molecule has 8 heteroatoms. The van der Waals surface area contributed by atoms with Crippen molar-refractivity contribution in [3.63, 3.8) is 0 Å². The Labute approximate surface area is 187 Å². The third-order valence-corrected chi connectivity index (χ3v) is 5.88. The van der Waals surface area contributed by atoms with Crippen molar-refractivity contribution in [3.05, 3.63) is 77.4 Å². The van der Waals surface area contributed by atoms with Crippen LogP contribution >= 0.6 is 11.3 Å². The van der Waals surface area contributed by atoms with Crippen molar-refractivity contribution in [2.75, 3.05) is 12.4 Å². The molecule has 0 saturated heterocycles. The van der Waals surface area contributed by atoms with Gasteiger partial charge in [0.2, 0.25) is 0 Å². The first-order chi connectivity index (χ1) is 15.6. The number of aromatic nitrogens is 3. The molecule has 32 heavy (non-hydrogen) atoms. The Hall–Kier alpha value is -4.04. The van der Waals surface area contributed by atoms with Crippen LogP contribution in [0.3, 0.4) is 0 Å². The van der Waals surface area contributed by atoms with Crippen LogP contribution in [-0.2, 0) is 0 Å². The zero-order valence-corrected chi connectivity index (χ0v) is 18.1. The van der Waals surface area contributed by atoms with Crippen molar-refractivity contribution in [2.45, 2.75) is 6.92 Å². The summed E-state index contributed by atoms with van der Waals surface area (Å²) in [7, 11) is 1.64. The molecular formula is C24H18N4O3S. The fourth-order valence-electron chi connectivity index (χ4n) is 3.26. The number of hydrogen-bond donors (Lipinski definition) is 1. The number of pyridine rings is 1. The van der Waals surface area contributed by atoms with Crippen LogP contribution in [0.25, 0.3) is 32.9 Å². The van der Waals surface area contributed by atoms with Gasteiger partial charge in [-0.2, -0.15) is 0 Å². The van der Waals surface area contributed by atoms with Gasteiger partial charge < -0.3 is 14.6 Å². The lowest BCUT2D eigenvalue weighted by molar-refractivity contribution is 0.102. The minimum atomic E-state index is -0.234. The summed E-state index contributed by atoms with van der Waals surface area (Å²) >= 11 is 1.52. The molecule has 5 rings (SSSR count). The van der Waals surface area contributed by atoms with Gasteiger partial charge in [-0.05, 0) is 61.5 Å². The van der Waals surface area contributed by atoms with E-state index in [1.165, 1.54) is 11.3 Å². The maximum atomic E-state index is 12.7. The summed E-state index contributed by atoms with van der Waals surface area (Å²) in [4.78, 5) is 21.7. The third kappa shape index (κ3) is 3.83. The van der Waals surface area contributed by atoms with Crippen molar-refractivity contribution >= 4 is 33.9 Å². The Bertz CT molecular complexity index is 1410. The largest absolute Gasteiger partial charge is 0.497 e. The molecule has 7 nitrogen and oxygen atoms in total. The minimum absolute atomic E-state index is 0.234. The predicted octanol–water partition coefficient (Wildman–Crippen LogP) is 5.58. The molecule has 158 valence electrons. The van der Waals surface area contributed by atoms with Crippen LogP contribution in [0.4, 0.5) is 5.69 Å². The van der Waals surface area contributed by atoms with E-state index in [2.05, 4.69) is 15.5 Å². The topological polar surface area (TPSA) is 90.1 Å². The van der Waals surface area contributed by atoms with E-state index in [-0.39, 0.29) is 5.91 Å². The SMILES string of the molecule is COc1ccc(-c2nc(-c3noc4ccc(C(=O)Nc5ccc(C)nc5)cc34)cs2)cc1. The lowest BCUT2D eigenvalue weighted by Gasteiger charge is -2.05. The Morgan fingerprint density at radius 2 is 1.94 bits per heavy atom. The van der Waals surface area contributed by atoms with Crippen molar-refractivity contribution in [1.29, 1.82) is 0 Å². The number of amides is 1. The van der Waals surface area contributed by atoms with Crippen LogP contribution in [0.5, 0.6) is 5.75 Å². The average molecular weight is 443 g/mol. The number of nitrogens with zero attached hydrogens (tertiary/aromatic N) is 3. The van der Waals surface area contributed by atoms with Crippen molar-refractivity contribution in [1.82, 2.24) is 15.1 Å². The summed E-state index contributed by atoms with van der Waals surface area (Å²) in [6.07, 6.45) is 1.63. The predicted molar refractivity (Wildman–Crippen MR) is 124 cm³/mol. The second-order valence-corrected chi connectivity index (χ2v) is 8.01. The highest BCUT2D eigenvalue weighted by Crippen LogP contribution is 2.33. The maximum absolute atomic E-state index is 12.7. The minimum Gasteiger partial charge on any atom is -0.497 e. The van der Waals surface area contributed by atoms with E-state index in [0.717, 1.165) is 27.4 Å². The second-order valence-electron chi connectivity index (χ2n) is 7.15. The molecular weight excluding hydrogens is 424 g/mol. The standard InChI is InChI=1S/C24H18N4O3S/c1-14-3-7-17(12-25-14)26-23(29)16-6-10-21-19(11-16)22(28-31-21)20-13-32-24(27-20)15-4-8-18(30-2)9-5-15/h3-13H,1-2H3,(H,26,29). The first kappa shape index (κ1) is 19.9. The normalized spacial score (nSPS) is 10.9. The van der Waals surface area contributed by atoms with Gasteiger partial charge in [-0.25, -0.2) is 4.98 Å². The quantitative estimate of drug-likeness (QED) is 0.382. The highest BCUT2D eigenvalue weighted by atomic mass is 32.1. The molecule has 0 aliphatic rings. The summed E-state index contributed by atoms with van der Waals surface area (Å²) in [5, 5.41) is 10.6. The van der Waals surface area contributed by atoms with E-state index >= 15 is 0 Å². The summed E-state index contributed by atoms with van der Waals surface area (Å²) in [6, 6.07) is 16.6. The number of carbonyl (C=O) groups excluding carboxylic acids is 1. The monoisotopic (exact) mass is 442 g/mol. The van der Waals surface area contributed by atoms with Gasteiger partial charge >= 0.3 is 0 Å². The lowest BCUT2D eigenvalue weighted by atomic mass is 10.1. The number of nitrogens with one attached hydrogen (secondary N) is 1. The molecule has 0 aliphatic carbocycles. The molecule has 5 aromatic rings. The van der Waals surface area contributed by atoms with E-state index in [9.17, 15) is 4.79 Å². The summed E-state index contributed by atoms with van der Waals surface area (Å²) < 4.78 is 10.7. The third-order valence-electron chi connectivity index (χ3n) is 4.99. The van der Waals surface area contributed by atoms with Crippen LogP contribution in [0.2, 0.25) is 0 Å². The number of rotatable bonds is 5. The number of hydrogen-bond acceptors (Lipinski definition) is 7. The summed E-state index contributed by atoms with van der Waals surface area (Å²) in [5.74, 6) is 0.558. The van der Waals surface area contributed by atoms with Gasteiger partial charge in [-0.15, -0.1) is 11.3 Å². The number of thiazole rings is 1. The molecule has 1 N–H and O–H groups in total. The number of benzene rings is 2. The zero-order chi connectivity index (χ0) is 22.1. The van der Waals surface area contributed by atoms with Crippen LogP contribution in [0, 0.1) is 6.92 Å². The highest BCUT2D eigenvalue weighted by molar-refractivity contribution is 7.13. The van der Waals surface area contributed by atoms with Crippen LogP contribution in [-0.4, -0.2) is 28.1 Å². The first-order valence-electron chi connectivity index (χ1n) is 9.84. The Morgan fingerprint density at radius 3 is 2.69 bits per heavy atom. The molecule has 0 bridgehead atoms. The molecule has 3 aromatic heterocycles. The summed E-state index contributed by atoms with van der Waals surface area (Å²) in [5.41, 5.74) is 4.88. The van der Waals surface area contributed by atoms with Gasteiger partial charge in [-0.1, -0.05) is 5.16 Å². The van der Waals surface area contributed by atoms with Crippen LogP contribution in [0.15, 0.2) is 70.7 Å². The lowest BCUT2D eigenvalue weighted by Crippen LogP contribution is -2.11. The zero-order valence-electron chi connectivity index (χ0n) is 17.3. The second kappa shape index (κ2) is 8.24. The first-order valence-corrected chi connectivity index (χ1v) is 10.7. The number of ether oxygens (including phenoxy) is 1. The van der Waals surface area contributed by atoms with E-state index in [1.54, 1.807) is 31.5 Å². The van der Waals surface area contributed by atoms with Gasteiger partial charge in [0.05, 0.1) is 24.4 Å². The van der Waals surface area contributed by atoms with Gasteiger partial charge in [0.1, 0.15) is 22.1 Å². The van der Waals surface area contributed by atoms with Gasteiger partial charge in [0, 0.05) is 22.2 Å². The molecule has 0 unspecified atom stereocenters. The van der Waals surface area contributed by atoms with Gasteiger partial charge in [-0.3, -0.25) is 9.78 Å². The summed E-state index contributed by atoms with van der Waals surface area (Å²) in [6.45, 7) is 1.89. The molecule has 1 amide bonds. The fourth-order valence-corrected chi connectivity index (χ4v) is 4.07. The fraction of sp³-hybridized carbons (Fsp3) is 0.0833. The van der Waals surface area contributed by atoms with E-state index < -0.39 is 0 Å². The molecule has 0 spiro atoms. The van der Waals surface area contributed by atoms with E-state index in [4.69, 9.17) is 14.2 Å². The van der Waals surface area contributed by atoms with Crippen LogP contribution in [0.1, 0.15) is 16.1 Å². The molecule has 0 aliphatic heterocycles. The van der Waals surface area contributed by atoms with Crippen molar-refractivity contribution < 1.29 is 14.1 Å². The molecule has 0 saturated carbocycles. The molecule has 2 aromatic carbocycles. The maximum Gasteiger partial charge on any atom is 0.255 e. The smallest absolute Gasteiger partial charge is 0.255 e. The van der Waals surface area contributed by atoms with E-state index in [0.29, 0.717) is 28.2 Å². The average Bonchev–Trinajstić information content (AvgIpc) is 3.47. The van der Waals surface area contributed by atoms with E-state index in [1.807, 2.05) is 48.7 Å². The number of carbonyl (C=O) groups is 1. The number of aryl methyl sites for hydroxylation is 1. The van der Waals surface area contributed by atoms with Gasteiger partial charge in [0.15, 0.2) is 5.58 Å². The number of fused-ring (bicyclic) bond motifs is 1. The molecule has 0 atom stereocenters. The number of anilines is 1. The Balaban J connectivity index is 1.44. The highest BCUT2D eigenvalue weighted by Gasteiger charge is 2.17. The van der Waals surface area contributed by atoms with Crippen molar-refractivity contribution in [3.8, 4) is 27.7 Å². The molecule has 0 radical (unpaired) electrons. The van der Waals surface area contributed by atoms with Gasteiger partial charge in [0.25, 0.3) is 5.91 Å². The Morgan fingerprint density at radius 1 is 1.09 bits per heavy atom. The Kier molecular flexibility index (Phi) is 5.12. The van der Waals surface area contributed by atoms with Crippen LogP contribution < -0.4 is 10.1 Å². The number of methoxy groups -OCH3 is 1. The molecule has 0 fully saturated rings.